The molecule has 0 unspecified atom stereocenters. The van der Waals surface area contributed by atoms with Gasteiger partial charge >= 0.3 is 0 Å². The van der Waals surface area contributed by atoms with E-state index in [1.807, 2.05) is 44.2 Å². The average molecular weight is 340 g/mol. The summed E-state index contributed by atoms with van der Waals surface area (Å²) in [6.07, 6.45) is 3.49. The van der Waals surface area contributed by atoms with E-state index in [9.17, 15) is 5.26 Å². The molecule has 0 amide bonds. The lowest BCUT2D eigenvalue weighted by molar-refractivity contribution is 1.10. The minimum atomic E-state index is 0.348. The van der Waals surface area contributed by atoms with Crippen molar-refractivity contribution in [3.63, 3.8) is 0 Å². The molecule has 0 fully saturated rings. The number of nitrogen functional groups attached to an aromatic ring is 1. The van der Waals surface area contributed by atoms with Crippen molar-refractivity contribution in [2.75, 3.05) is 5.73 Å². The monoisotopic (exact) mass is 340 g/mol. The number of rotatable bonds is 2. The van der Waals surface area contributed by atoms with Crippen molar-refractivity contribution in [2.24, 2.45) is 0 Å². The highest BCUT2D eigenvalue weighted by Crippen LogP contribution is 2.35. The summed E-state index contributed by atoms with van der Waals surface area (Å²) in [5.41, 5.74) is 12.6. The molecule has 0 aliphatic carbocycles. The quantitative estimate of drug-likeness (QED) is 0.602. The molecule has 4 rings (SSSR count). The van der Waals surface area contributed by atoms with Gasteiger partial charge in [0.1, 0.15) is 5.65 Å². The highest BCUT2D eigenvalue weighted by Gasteiger charge is 2.18. The third kappa shape index (κ3) is 2.56. The number of pyridine rings is 1. The first kappa shape index (κ1) is 15.8. The van der Waals surface area contributed by atoms with Gasteiger partial charge in [0.15, 0.2) is 0 Å². The summed E-state index contributed by atoms with van der Waals surface area (Å²) in [4.78, 5) is 13.6. The molecule has 0 atom stereocenters. The lowest BCUT2D eigenvalue weighted by atomic mass is 9.98. The molecule has 0 spiro atoms. The number of anilines is 1. The molecule has 3 aromatic heterocycles. The lowest BCUT2D eigenvalue weighted by Gasteiger charge is -2.14. The number of nitrogens with two attached hydrogens (primary N) is 1. The van der Waals surface area contributed by atoms with Crippen LogP contribution in [0.1, 0.15) is 17.0 Å². The fraction of sp³-hybridized carbons (Fsp3) is 0.100. The molecule has 0 bridgehead atoms. The Hall–Kier alpha value is -3.72. The molecule has 6 heteroatoms. The van der Waals surface area contributed by atoms with E-state index in [0.717, 1.165) is 33.7 Å². The summed E-state index contributed by atoms with van der Waals surface area (Å²) in [5, 5.41) is 9.24. The van der Waals surface area contributed by atoms with Gasteiger partial charge in [-0.15, -0.1) is 0 Å². The molecule has 2 N–H and O–H groups in total. The summed E-state index contributed by atoms with van der Waals surface area (Å²) in [5.74, 6) is 0.348. The Morgan fingerprint density at radius 1 is 1.04 bits per heavy atom. The van der Waals surface area contributed by atoms with Crippen LogP contribution in [0.15, 0.2) is 48.8 Å². The molecule has 6 nitrogen and oxygen atoms in total. The van der Waals surface area contributed by atoms with E-state index in [-0.39, 0.29) is 0 Å². The largest absolute Gasteiger partial charge is 0.369 e. The van der Waals surface area contributed by atoms with Crippen molar-refractivity contribution in [3.8, 4) is 28.5 Å². The highest BCUT2D eigenvalue weighted by atomic mass is 15.1. The van der Waals surface area contributed by atoms with Gasteiger partial charge < -0.3 is 5.73 Å². The van der Waals surface area contributed by atoms with Gasteiger partial charge in [-0.3, -0.25) is 9.38 Å². The van der Waals surface area contributed by atoms with E-state index >= 15 is 0 Å². The van der Waals surface area contributed by atoms with Crippen LogP contribution in [0.2, 0.25) is 0 Å². The average Bonchev–Trinajstić information content (AvgIpc) is 3.11. The number of nitriles is 1. The van der Waals surface area contributed by atoms with Gasteiger partial charge in [-0.1, -0.05) is 12.1 Å². The van der Waals surface area contributed by atoms with Crippen LogP contribution in [0.25, 0.3) is 28.0 Å². The Kier molecular flexibility index (Phi) is 3.63. The first-order valence-corrected chi connectivity index (χ1v) is 8.15. The first-order valence-electron chi connectivity index (χ1n) is 8.15. The van der Waals surface area contributed by atoms with E-state index in [4.69, 9.17) is 5.73 Å². The zero-order valence-electron chi connectivity index (χ0n) is 14.4. The number of nitrogens with zero attached hydrogens (tertiary/aromatic N) is 5. The lowest BCUT2D eigenvalue weighted by Crippen LogP contribution is -2.04. The van der Waals surface area contributed by atoms with Crippen LogP contribution in [0.3, 0.4) is 0 Å². The van der Waals surface area contributed by atoms with E-state index in [2.05, 4.69) is 21.0 Å². The Labute approximate surface area is 150 Å². The summed E-state index contributed by atoms with van der Waals surface area (Å²) in [6, 6.07) is 13.5. The number of hydrogen-bond acceptors (Lipinski definition) is 5. The van der Waals surface area contributed by atoms with Crippen LogP contribution in [0, 0.1) is 25.2 Å². The van der Waals surface area contributed by atoms with Crippen molar-refractivity contribution in [1.82, 2.24) is 19.4 Å². The SMILES string of the molecule is Cc1cc(-c2c(-c3cccc(C#N)c3)nc(N)n3ccnc23)cc(C)n1. The van der Waals surface area contributed by atoms with Gasteiger partial charge in [-0.2, -0.15) is 5.26 Å². The molecule has 126 valence electrons. The maximum atomic E-state index is 9.24. The molecule has 4 aromatic rings. The smallest absolute Gasteiger partial charge is 0.206 e. The molecule has 1 aromatic carbocycles. The van der Waals surface area contributed by atoms with Crippen LogP contribution in [0.5, 0.6) is 0 Å². The van der Waals surface area contributed by atoms with E-state index < -0.39 is 0 Å². The van der Waals surface area contributed by atoms with Crippen LogP contribution < -0.4 is 5.73 Å². The van der Waals surface area contributed by atoms with Crippen molar-refractivity contribution in [2.45, 2.75) is 13.8 Å². The maximum Gasteiger partial charge on any atom is 0.206 e. The van der Waals surface area contributed by atoms with Crippen molar-refractivity contribution in [1.29, 1.82) is 5.26 Å². The first-order chi connectivity index (χ1) is 12.6. The Morgan fingerprint density at radius 3 is 2.54 bits per heavy atom. The molecule has 0 radical (unpaired) electrons. The maximum absolute atomic E-state index is 9.24. The van der Waals surface area contributed by atoms with Gasteiger partial charge in [-0.25, -0.2) is 9.97 Å². The number of fused-ring (bicyclic) bond motifs is 1. The highest BCUT2D eigenvalue weighted by molar-refractivity contribution is 5.91. The van der Waals surface area contributed by atoms with Crippen molar-refractivity contribution in [3.05, 3.63) is 65.7 Å². The Morgan fingerprint density at radius 2 is 1.81 bits per heavy atom. The van der Waals surface area contributed by atoms with Crippen LogP contribution in [0.4, 0.5) is 5.95 Å². The van der Waals surface area contributed by atoms with Crippen molar-refractivity contribution < 1.29 is 0 Å². The number of hydrogen-bond donors (Lipinski definition) is 1. The number of aromatic nitrogens is 4. The summed E-state index contributed by atoms with van der Waals surface area (Å²) in [7, 11) is 0. The molecule has 0 aliphatic rings. The minimum absolute atomic E-state index is 0.348. The third-order valence-corrected chi connectivity index (χ3v) is 4.21. The fourth-order valence-corrected chi connectivity index (χ4v) is 3.19. The summed E-state index contributed by atoms with van der Waals surface area (Å²) in [6.45, 7) is 3.92. The normalized spacial score (nSPS) is 10.8. The number of imidazole rings is 1. The van der Waals surface area contributed by atoms with Crippen LogP contribution >= 0.6 is 0 Å². The second-order valence-corrected chi connectivity index (χ2v) is 6.15. The topological polar surface area (TPSA) is 92.9 Å². The van der Waals surface area contributed by atoms with Crippen molar-refractivity contribution >= 4 is 11.6 Å². The molecular weight excluding hydrogens is 324 g/mol. The van der Waals surface area contributed by atoms with Gasteiger partial charge in [-0.05, 0) is 43.7 Å². The predicted octanol–water partition coefficient (Wildman–Crippen LogP) is 3.53. The molecule has 0 saturated carbocycles. The van der Waals surface area contributed by atoms with E-state index in [1.165, 1.54) is 0 Å². The van der Waals surface area contributed by atoms with Gasteiger partial charge in [0.25, 0.3) is 0 Å². The predicted molar refractivity (Wildman–Crippen MR) is 100 cm³/mol. The fourth-order valence-electron chi connectivity index (χ4n) is 3.19. The number of aryl methyl sites for hydroxylation is 2. The van der Waals surface area contributed by atoms with Gasteiger partial charge in [0.05, 0.1) is 22.9 Å². The summed E-state index contributed by atoms with van der Waals surface area (Å²) < 4.78 is 1.76. The molecule has 3 heterocycles. The summed E-state index contributed by atoms with van der Waals surface area (Å²) >= 11 is 0. The standard InChI is InChI=1S/C20H16N6/c1-12-8-16(9-13(2)24-12)17-18(15-5-3-4-14(10-15)11-21)25-20(22)26-7-6-23-19(17)26/h3-10H,1-2H3,(H2,22,25). The minimum Gasteiger partial charge on any atom is -0.369 e. The number of benzene rings is 1. The molecule has 0 aliphatic heterocycles. The third-order valence-electron chi connectivity index (χ3n) is 4.21. The zero-order chi connectivity index (χ0) is 18.3. The van der Waals surface area contributed by atoms with Gasteiger partial charge in [0.2, 0.25) is 5.95 Å². The van der Waals surface area contributed by atoms with E-state index in [0.29, 0.717) is 17.2 Å². The zero-order valence-corrected chi connectivity index (χ0v) is 14.4. The van der Waals surface area contributed by atoms with Crippen LogP contribution in [-0.4, -0.2) is 19.4 Å². The molecule has 26 heavy (non-hydrogen) atoms. The Bertz CT molecular complexity index is 1160. The Balaban J connectivity index is 2.11. The second-order valence-electron chi connectivity index (χ2n) is 6.15. The van der Waals surface area contributed by atoms with Crippen LogP contribution in [-0.2, 0) is 0 Å². The van der Waals surface area contributed by atoms with E-state index in [1.54, 1.807) is 22.9 Å². The molecular formula is C20H16N6. The second kappa shape index (κ2) is 5.97. The van der Waals surface area contributed by atoms with Gasteiger partial charge in [0, 0.05) is 29.3 Å². The molecule has 0 saturated heterocycles.